The number of carbonyl (C=O) groups is 4. The first-order valence-corrected chi connectivity index (χ1v) is 17.8. The van der Waals surface area contributed by atoms with Crippen molar-refractivity contribution in [2.24, 2.45) is 0 Å². The SMILES string of the molecule is CC(=O)/C=C(/C)[O-].CC(=O)/C=C(/C)[O-].CO.CO.CO.CO.O=C([O-])c1ccccc1[O-].O=C([O-])c1ccccc1[O-].[Co+3].[Co+3].[Mn+2].[Mn+3].[O-]CCN(CC[O-])CCO.[O-]CCN(CC[O-])CCO. The van der Waals surface area contributed by atoms with Crippen molar-refractivity contribution in [3.8, 4) is 11.5 Å². The summed E-state index contributed by atoms with van der Waals surface area (Å²) in [6.07, 6.45) is 2.11. The third-order valence-corrected chi connectivity index (χ3v) is 5.49. The van der Waals surface area contributed by atoms with Crippen molar-refractivity contribution < 1.29 is 169 Å². The fourth-order valence-corrected chi connectivity index (χ4v) is 3.31. The van der Waals surface area contributed by atoms with Crippen LogP contribution in [0.15, 0.2) is 72.2 Å². The van der Waals surface area contributed by atoms with Crippen LogP contribution in [0.4, 0.5) is 0 Å². The van der Waals surface area contributed by atoms with Crippen molar-refractivity contribution in [3.05, 3.63) is 83.3 Å². The van der Waals surface area contributed by atoms with Crippen LogP contribution in [-0.4, -0.2) is 171 Å². The second kappa shape index (κ2) is 76.2. The van der Waals surface area contributed by atoms with Gasteiger partial charge in [0.25, 0.3) is 0 Å². The summed E-state index contributed by atoms with van der Waals surface area (Å²) in [6, 6.07) is 10.7. The third-order valence-electron chi connectivity index (χ3n) is 5.49. The van der Waals surface area contributed by atoms with Gasteiger partial charge in [-0.3, -0.25) is 9.59 Å². The fourth-order valence-electron chi connectivity index (χ4n) is 3.31. The average molecular weight is 1120 g/mol. The van der Waals surface area contributed by atoms with Gasteiger partial charge in [-0.15, -0.1) is 37.9 Å². The standard InChI is InChI=1S/2C7H6O3.2C6H13NO3.2C5H8O2.4CH4O.2Co.2Mn/c2*8-6-4-2-1-3-5(6)7(9)10;2*8-4-1-7(2-5-9)3-6-10;2*1-4(6)3-5(2)7;4*1-2;;;;/h2*1-4,8H,(H,9,10);2*8H,1-6H2;2*3,6H,1-2H3;4*2H,1H3;;;;/q;;2*-2;;;;;;;2*+3;+2;+3/p-6/b;;;;2*4-3-;;;;;;;;. The molecule has 0 amide bonds. The van der Waals surface area contributed by atoms with Gasteiger partial charge in [-0.05, 0) is 63.3 Å². The number of aliphatic hydroxyl groups excluding tert-OH is 6. The summed E-state index contributed by atoms with van der Waals surface area (Å²) in [5.74, 6) is -4.62. The van der Waals surface area contributed by atoms with E-state index in [0.717, 1.165) is 40.6 Å². The molecule has 0 aliphatic carbocycles. The quantitative estimate of drug-likeness (QED) is 0.0516. The third kappa shape index (κ3) is 78.2. The number of aliphatic hydroxyl groups is 6. The van der Waals surface area contributed by atoms with Crippen molar-refractivity contribution in [3.63, 3.8) is 0 Å². The zero-order valence-corrected chi connectivity index (χ0v) is 42.4. The molecule has 0 fully saturated rings. The van der Waals surface area contributed by atoms with Gasteiger partial charge < -0.3 is 101 Å². The van der Waals surface area contributed by atoms with E-state index in [1.165, 1.54) is 76.2 Å². The number of rotatable bonds is 16. The number of carbonyl (C=O) groups excluding carboxylic acids is 4. The molecule has 0 saturated heterocycles. The molecule has 0 saturated carbocycles. The van der Waals surface area contributed by atoms with E-state index in [1.807, 2.05) is 0 Å². The molecule has 0 unspecified atom stereocenters. The molecule has 0 aromatic heterocycles. The molecular weight excluding hydrogens is 1060 g/mol. The number of allylic oxidation sites excluding steroid dienone is 4. The Bertz CT molecular complexity index is 1250. The molecule has 66 heavy (non-hydrogen) atoms. The molecular formula is C40H64Co2Mn2N2O20+. The monoisotopic (exact) mass is 1120 g/mol. The van der Waals surface area contributed by atoms with Gasteiger partial charge in [0.15, 0.2) is 11.6 Å². The van der Waals surface area contributed by atoms with Gasteiger partial charge in [-0.25, -0.2) is 0 Å². The second-order valence-electron chi connectivity index (χ2n) is 10.2. The number of carboxylic acid groups (broad SMARTS) is 2. The topological polar surface area (TPSA) is 427 Å². The summed E-state index contributed by atoms with van der Waals surface area (Å²) in [7, 11) is 4.00. The van der Waals surface area contributed by atoms with Gasteiger partial charge >= 0.3 is 67.7 Å². The van der Waals surface area contributed by atoms with Crippen LogP contribution in [0.1, 0.15) is 48.4 Å². The molecule has 0 atom stereocenters. The molecule has 0 spiro atoms. The maximum atomic E-state index is 10.6. The van der Waals surface area contributed by atoms with Gasteiger partial charge in [0.2, 0.25) is 0 Å². The molecule has 22 nitrogen and oxygen atoms in total. The molecule has 6 N–H and O–H groups in total. The second-order valence-corrected chi connectivity index (χ2v) is 10.2. The Kier molecular flexibility index (Phi) is 108. The molecule has 1 radical (unpaired) electrons. The largest absolute Gasteiger partial charge is 3.00 e. The Hall–Kier alpha value is -3.03. The predicted octanol–water partition coefficient (Wildman–Crippen LogP) is -9.65. The number of hydrogen-bond acceptors (Lipinski definition) is 22. The Morgan fingerprint density at radius 3 is 0.803 bits per heavy atom. The molecule has 2 rings (SSSR count). The maximum Gasteiger partial charge on any atom is 3.00 e. The van der Waals surface area contributed by atoms with E-state index in [9.17, 15) is 70.2 Å². The number of carboxylic acids is 2. The van der Waals surface area contributed by atoms with Crippen molar-refractivity contribution in [2.45, 2.75) is 27.7 Å². The zero-order chi connectivity index (χ0) is 50.5. The molecule has 0 aliphatic rings. The van der Waals surface area contributed by atoms with Crippen LogP contribution in [0.5, 0.6) is 11.5 Å². The Labute approximate surface area is 429 Å². The Morgan fingerprint density at radius 2 is 0.697 bits per heavy atom. The molecule has 2 aromatic rings. The van der Waals surface area contributed by atoms with Gasteiger partial charge in [0, 0.05) is 41.5 Å². The number of ketones is 2. The van der Waals surface area contributed by atoms with Crippen molar-refractivity contribution >= 4 is 23.5 Å². The minimum atomic E-state index is -1.43. The Morgan fingerprint density at radius 1 is 0.485 bits per heavy atom. The fraction of sp³-hybridized carbons (Fsp3) is 0.500. The van der Waals surface area contributed by atoms with Gasteiger partial charge in [-0.1, -0.05) is 73.9 Å². The van der Waals surface area contributed by atoms with Gasteiger partial charge in [0.1, 0.15) is 0 Å². The van der Waals surface area contributed by atoms with E-state index in [2.05, 4.69) is 0 Å². The van der Waals surface area contributed by atoms with Crippen LogP contribution in [0.3, 0.4) is 0 Å². The first-order chi connectivity index (χ1) is 29.4. The minimum absolute atomic E-state index is 0. The molecule has 0 aliphatic heterocycles. The number of nitrogens with zero attached hydrogens (tertiary/aromatic N) is 2. The molecule has 0 heterocycles. The van der Waals surface area contributed by atoms with Crippen LogP contribution >= 0.6 is 0 Å². The van der Waals surface area contributed by atoms with Gasteiger partial charge in [-0.2, -0.15) is 0 Å². The van der Waals surface area contributed by atoms with Crippen LogP contribution in [0.25, 0.3) is 0 Å². The molecule has 2 aromatic carbocycles. The van der Waals surface area contributed by atoms with E-state index in [4.69, 9.17) is 30.6 Å². The van der Waals surface area contributed by atoms with Crippen LogP contribution < -0.4 is 51.1 Å². The average Bonchev–Trinajstić information content (AvgIpc) is 3.22. The summed E-state index contributed by atoms with van der Waals surface area (Å²) >= 11 is 0. The van der Waals surface area contributed by atoms with Crippen LogP contribution in [-0.2, 0) is 77.3 Å². The zero-order valence-electron chi connectivity index (χ0n) is 38.0. The Balaban J connectivity index is -0.0000000510. The normalized spacial score (nSPS) is 8.85. The smallest absolute Gasteiger partial charge is 0.876 e. The van der Waals surface area contributed by atoms with Crippen molar-refractivity contribution in [1.29, 1.82) is 0 Å². The maximum absolute atomic E-state index is 10.6. The summed E-state index contributed by atoms with van der Waals surface area (Å²) in [4.78, 5) is 43.5. The number of hydrogen-bond donors (Lipinski definition) is 6. The van der Waals surface area contributed by atoms with E-state index in [-0.39, 0.29) is 142 Å². The number of aromatic carboxylic acids is 2. The predicted molar refractivity (Wildman–Crippen MR) is 208 cm³/mol. The summed E-state index contributed by atoms with van der Waals surface area (Å²) < 4.78 is 0. The van der Waals surface area contributed by atoms with Crippen molar-refractivity contribution in [2.75, 3.05) is 107 Å². The summed E-state index contributed by atoms with van der Waals surface area (Å²) in [5.41, 5.74) is -0.579. The van der Waals surface area contributed by atoms with Crippen LogP contribution in [0, 0.1) is 0 Å². The first-order valence-electron chi connectivity index (χ1n) is 17.8. The number of para-hydroxylation sites is 2. The summed E-state index contributed by atoms with van der Waals surface area (Å²) in [5, 5.41) is 147. The van der Waals surface area contributed by atoms with E-state index in [0.29, 0.717) is 39.3 Å². The first kappa shape index (κ1) is 93.1. The van der Waals surface area contributed by atoms with Crippen LogP contribution in [0.2, 0.25) is 0 Å². The minimum Gasteiger partial charge on any atom is -0.876 e. The van der Waals surface area contributed by atoms with E-state index < -0.39 is 23.4 Å². The van der Waals surface area contributed by atoms with Gasteiger partial charge in [0.05, 0.1) is 25.2 Å². The van der Waals surface area contributed by atoms with Crippen molar-refractivity contribution in [1.82, 2.24) is 9.80 Å². The van der Waals surface area contributed by atoms with E-state index >= 15 is 0 Å². The summed E-state index contributed by atoms with van der Waals surface area (Å²) in [6.45, 7) is 6.91. The molecule has 0 bridgehead atoms. The molecule has 385 valence electrons. The van der Waals surface area contributed by atoms with E-state index in [1.54, 1.807) is 9.80 Å². The number of benzene rings is 2. The molecule has 26 heteroatoms.